The van der Waals surface area contributed by atoms with Crippen molar-refractivity contribution in [2.24, 2.45) is 5.92 Å². The van der Waals surface area contributed by atoms with Gasteiger partial charge in [-0.3, -0.25) is 14.5 Å². The van der Waals surface area contributed by atoms with E-state index in [9.17, 15) is 14.7 Å². The summed E-state index contributed by atoms with van der Waals surface area (Å²) in [6.45, 7) is 6.04. The zero-order chi connectivity index (χ0) is 28.5. The molecule has 3 unspecified atom stereocenters. The van der Waals surface area contributed by atoms with Gasteiger partial charge in [0.25, 0.3) is 0 Å². The van der Waals surface area contributed by atoms with Gasteiger partial charge in [-0.2, -0.15) is 0 Å². The molecular formula is C31H45N5O4. The van der Waals surface area contributed by atoms with Gasteiger partial charge in [-0.15, -0.1) is 0 Å². The summed E-state index contributed by atoms with van der Waals surface area (Å²) in [5.74, 6) is 0.0255. The van der Waals surface area contributed by atoms with Gasteiger partial charge in [-0.05, 0) is 69.6 Å². The smallest absolute Gasteiger partial charge is 0.308 e. The Balaban J connectivity index is 1.54. The van der Waals surface area contributed by atoms with Crippen LogP contribution in [0, 0.1) is 5.92 Å². The number of hydrogen-bond donors (Lipinski definition) is 1. The third-order valence-electron chi connectivity index (χ3n) is 8.21. The quantitative estimate of drug-likeness (QED) is 0.336. The number of likely N-dealkylation sites (tertiary alicyclic amines) is 1. The van der Waals surface area contributed by atoms with Crippen molar-refractivity contribution in [1.82, 2.24) is 24.7 Å². The Hall–Kier alpha value is -3.04. The molecule has 2 aromatic rings. The lowest BCUT2D eigenvalue weighted by Gasteiger charge is -2.30. The van der Waals surface area contributed by atoms with E-state index in [1.165, 1.54) is 0 Å². The molecule has 9 nitrogen and oxygen atoms in total. The van der Waals surface area contributed by atoms with Crippen molar-refractivity contribution in [2.75, 3.05) is 53.4 Å². The number of aromatic nitrogens is 2. The normalized spacial score (nSPS) is 20.4. The molecule has 3 heterocycles. The summed E-state index contributed by atoms with van der Waals surface area (Å²) in [5.41, 5.74) is 2.15. The monoisotopic (exact) mass is 551 g/mol. The van der Waals surface area contributed by atoms with E-state index in [2.05, 4.69) is 46.9 Å². The summed E-state index contributed by atoms with van der Waals surface area (Å²) in [4.78, 5) is 41.5. The van der Waals surface area contributed by atoms with Crippen LogP contribution in [0.2, 0.25) is 0 Å². The number of carboxylic acids is 1. The summed E-state index contributed by atoms with van der Waals surface area (Å²) < 4.78 is 5.69. The molecule has 0 saturated carbocycles. The van der Waals surface area contributed by atoms with E-state index >= 15 is 0 Å². The molecule has 1 amide bonds. The van der Waals surface area contributed by atoms with Crippen molar-refractivity contribution in [3.63, 3.8) is 0 Å². The van der Waals surface area contributed by atoms with Crippen LogP contribution in [0.3, 0.4) is 0 Å². The second kappa shape index (κ2) is 14.6. The van der Waals surface area contributed by atoms with Crippen molar-refractivity contribution >= 4 is 11.9 Å². The second-order valence-electron chi connectivity index (χ2n) is 11.4. The summed E-state index contributed by atoms with van der Waals surface area (Å²) in [6.07, 6.45) is 9.39. The highest BCUT2D eigenvalue weighted by Gasteiger charge is 2.47. The molecule has 1 saturated heterocycles. The average molecular weight is 552 g/mol. The summed E-state index contributed by atoms with van der Waals surface area (Å²) in [7, 11) is 4.13. The lowest BCUT2D eigenvalue weighted by atomic mass is 9.83. The number of aliphatic carboxylic acids is 1. The number of ether oxygens (including phenoxy) is 1. The maximum absolute atomic E-state index is 13.7. The molecule has 3 atom stereocenters. The van der Waals surface area contributed by atoms with E-state index < -0.39 is 11.9 Å². The van der Waals surface area contributed by atoms with Gasteiger partial charge in [0.05, 0.1) is 19.1 Å². The second-order valence-corrected chi connectivity index (χ2v) is 11.4. The summed E-state index contributed by atoms with van der Waals surface area (Å²) in [5, 5.41) is 10.5. The molecular weight excluding hydrogens is 506 g/mol. The fourth-order valence-electron chi connectivity index (χ4n) is 6.08. The van der Waals surface area contributed by atoms with E-state index in [0.717, 1.165) is 68.6 Å². The molecule has 2 aliphatic rings. The highest BCUT2D eigenvalue weighted by Crippen LogP contribution is 2.41. The number of carboxylic acid groups (broad SMARTS) is 1. The number of nitrogens with zero attached hydrogens (tertiary/aromatic N) is 5. The Morgan fingerprint density at radius 2 is 1.85 bits per heavy atom. The zero-order valence-electron chi connectivity index (χ0n) is 24.3. The topological polar surface area (TPSA) is 99.1 Å². The molecule has 2 aliphatic heterocycles. The first-order valence-corrected chi connectivity index (χ1v) is 14.8. The van der Waals surface area contributed by atoms with Crippen molar-refractivity contribution in [1.29, 1.82) is 0 Å². The van der Waals surface area contributed by atoms with Crippen molar-refractivity contribution in [3.05, 3.63) is 53.6 Å². The molecule has 0 radical (unpaired) electrons. The number of amides is 1. The van der Waals surface area contributed by atoms with E-state index in [0.29, 0.717) is 31.8 Å². The molecule has 4 rings (SSSR count). The van der Waals surface area contributed by atoms with Crippen molar-refractivity contribution < 1.29 is 19.4 Å². The number of carbonyl (C=O) groups excluding carboxylic acids is 1. The van der Waals surface area contributed by atoms with Crippen LogP contribution < -0.4 is 4.74 Å². The first-order valence-electron chi connectivity index (χ1n) is 14.8. The lowest BCUT2D eigenvalue weighted by Crippen LogP contribution is -2.45. The number of carbonyl (C=O) groups is 2. The molecule has 1 N–H and O–H groups in total. The molecule has 0 aliphatic carbocycles. The fourth-order valence-corrected chi connectivity index (χ4v) is 6.08. The van der Waals surface area contributed by atoms with Crippen LogP contribution in [-0.4, -0.2) is 101 Å². The van der Waals surface area contributed by atoms with E-state index in [-0.39, 0.29) is 24.4 Å². The van der Waals surface area contributed by atoms with E-state index in [1.807, 2.05) is 17.0 Å². The van der Waals surface area contributed by atoms with Gasteiger partial charge in [0.15, 0.2) is 0 Å². The molecule has 0 spiro atoms. The van der Waals surface area contributed by atoms with Crippen LogP contribution in [0.25, 0.3) is 0 Å². The molecule has 40 heavy (non-hydrogen) atoms. The Morgan fingerprint density at radius 3 is 2.58 bits per heavy atom. The van der Waals surface area contributed by atoms with Gasteiger partial charge < -0.3 is 19.6 Å². The molecule has 1 aromatic carbocycles. The number of benzene rings is 1. The number of hydrogen-bond acceptors (Lipinski definition) is 7. The minimum Gasteiger partial charge on any atom is -0.493 e. The lowest BCUT2D eigenvalue weighted by molar-refractivity contribution is -0.143. The highest BCUT2D eigenvalue weighted by atomic mass is 16.5. The Bertz CT molecular complexity index is 1110. The number of fused-ring (bicyclic) bond motifs is 1. The molecule has 1 aromatic heterocycles. The van der Waals surface area contributed by atoms with Gasteiger partial charge in [0.2, 0.25) is 5.91 Å². The number of unbranched alkanes of at least 4 members (excludes halogenated alkanes) is 2. The number of rotatable bonds is 15. The molecule has 218 valence electrons. The standard InChI is InChI=1S/C31H45N5O4/c1-4-5-17-35(18-7-6-16-34(2)3)29(37)22-36-21-25(23-9-11-27-24(20-23)13-19-40-27)30(31(38)39)26(36)10-12-28-32-14-8-15-33-28/h8-9,11,14-15,20,25-26,30H,4-7,10,12-13,16-19,21-22H2,1-3H3,(H,38,39). The zero-order valence-corrected chi connectivity index (χ0v) is 24.3. The summed E-state index contributed by atoms with van der Waals surface area (Å²) >= 11 is 0. The van der Waals surface area contributed by atoms with Gasteiger partial charge in [0, 0.05) is 56.8 Å². The number of aryl methyl sites for hydroxylation is 1. The minimum atomic E-state index is -0.817. The van der Waals surface area contributed by atoms with Crippen LogP contribution >= 0.6 is 0 Å². The molecule has 9 heteroatoms. The predicted octanol–water partition coefficient (Wildman–Crippen LogP) is 3.48. The van der Waals surface area contributed by atoms with E-state index in [4.69, 9.17) is 4.74 Å². The third-order valence-corrected chi connectivity index (χ3v) is 8.21. The maximum Gasteiger partial charge on any atom is 0.308 e. The third kappa shape index (κ3) is 7.79. The average Bonchev–Trinajstić information content (AvgIpc) is 3.56. The molecule has 0 bridgehead atoms. The predicted molar refractivity (Wildman–Crippen MR) is 154 cm³/mol. The van der Waals surface area contributed by atoms with Gasteiger partial charge in [-0.25, -0.2) is 9.97 Å². The summed E-state index contributed by atoms with van der Waals surface area (Å²) in [6, 6.07) is 7.58. The first kappa shape index (κ1) is 29.9. The maximum atomic E-state index is 13.7. The Morgan fingerprint density at radius 1 is 1.10 bits per heavy atom. The van der Waals surface area contributed by atoms with Gasteiger partial charge >= 0.3 is 5.97 Å². The van der Waals surface area contributed by atoms with Crippen LogP contribution in [-0.2, 0) is 22.4 Å². The Labute approximate surface area is 238 Å². The van der Waals surface area contributed by atoms with Gasteiger partial charge in [-0.1, -0.05) is 25.5 Å². The van der Waals surface area contributed by atoms with Crippen LogP contribution in [0.5, 0.6) is 5.75 Å². The van der Waals surface area contributed by atoms with Crippen LogP contribution in [0.4, 0.5) is 0 Å². The first-order chi connectivity index (χ1) is 19.4. The van der Waals surface area contributed by atoms with Gasteiger partial charge in [0.1, 0.15) is 11.6 Å². The van der Waals surface area contributed by atoms with Crippen molar-refractivity contribution in [3.8, 4) is 5.75 Å². The minimum absolute atomic E-state index is 0.0893. The molecule has 1 fully saturated rings. The Kier molecular flexibility index (Phi) is 10.9. The van der Waals surface area contributed by atoms with Crippen LogP contribution in [0.15, 0.2) is 36.7 Å². The van der Waals surface area contributed by atoms with Crippen molar-refractivity contribution in [2.45, 2.75) is 63.8 Å². The van der Waals surface area contributed by atoms with Crippen LogP contribution in [0.1, 0.15) is 61.9 Å². The SMILES string of the molecule is CCCCN(CCCCN(C)C)C(=O)CN1CC(c2ccc3c(c2)CCO3)C(C(=O)O)C1CCc1ncccn1. The van der Waals surface area contributed by atoms with E-state index in [1.54, 1.807) is 18.5 Å². The largest absolute Gasteiger partial charge is 0.493 e. The highest BCUT2D eigenvalue weighted by molar-refractivity contribution is 5.79. The fraction of sp³-hybridized carbons (Fsp3) is 0.613.